The summed E-state index contributed by atoms with van der Waals surface area (Å²) in [7, 11) is 3.36. The minimum atomic E-state index is -0.478. The van der Waals surface area contributed by atoms with Crippen molar-refractivity contribution < 1.29 is 43.1 Å². The number of carbonyl (C=O) groups is 1. The first-order valence-electron chi connectivity index (χ1n) is 19.6. The molecule has 0 unspecified atom stereocenters. The highest BCUT2D eigenvalue weighted by molar-refractivity contribution is 5.90. The van der Waals surface area contributed by atoms with Crippen LogP contribution in [-0.4, -0.2) is 87.7 Å². The summed E-state index contributed by atoms with van der Waals surface area (Å²) < 4.78 is 41.2. The lowest BCUT2D eigenvalue weighted by atomic mass is 9.99. The molecule has 0 saturated carbocycles. The van der Waals surface area contributed by atoms with Crippen molar-refractivity contribution in [3.63, 3.8) is 0 Å². The second-order valence-electron chi connectivity index (χ2n) is 14.4. The van der Waals surface area contributed by atoms with Crippen molar-refractivity contribution in [3.8, 4) is 0 Å². The summed E-state index contributed by atoms with van der Waals surface area (Å²) in [5.74, 6) is -0.282. The van der Waals surface area contributed by atoms with Crippen molar-refractivity contribution in [2.45, 2.75) is 204 Å². The van der Waals surface area contributed by atoms with Crippen LogP contribution in [0.15, 0.2) is 11.6 Å². The number of cyclic esters (lactones) is 1. The molecular weight excluding hydrogens is 612 g/mol. The summed E-state index contributed by atoms with van der Waals surface area (Å²) in [6.45, 7) is 4.71. The van der Waals surface area contributed by atoms with Crippen LogP contribution >= 0.6 is 0 Å². The van der Waals surface area contributed by atoms with Gasteiger partial charge in [-0.3, -0.25) is 0 Å². The third kappa shape index (κ3) is 15.9. The number of methoxy groups -OCH3 is 2. The van der Waals surface area contributed by atoms with E-state index in [1.54, 1.807) is 14.2 Å². The largest absolute Gasteiger partial charge is 0.455 e. The molecule has 3 aliphatic rings. The fourth-order valence-corrected chi connectivity index (χ4v) is 7.59. The van der Waals surface area contributed by atoms with Gasteiger partial charge >= 0.3 is 5.97 Å². The Morgan fingerprint density at radius 1 is 0.708 bits per heavy atom. The van der Waals surface area contributed by atoms with Gasteiger partial charge in [0.25, 0.3) is 0 Å². The monoisotopic (exact) mass is 683 g/mol. The normalized spacial score (nSPS) is 26.1. The van der Waals surface area contributed by atoms with Crippen LogP contribution < -0.4 is 0 Å². The molecular formula is C39H70O9. The zero-order valence-corrected chi connectivity index (χ0v) is 30.9. The lowest BCUT2D eigenvalue weighted by Gasteiger charge is -2.27. The number of esters is 1. The molecule has 0 aromatic heterocycles. The number of carbonyl (C=O) groups excluding carboxylic acids is 1. The molecule has 2 saturated heterocycles. The van der Waals surface area contributed by atoms with E-state index < -0.39 is 6.10 Å². The number of hydrogen-bond donors (Lipinski definition) is 1. The van der Waals surface area contributed by atoms with E-state index in [0.29, 0.717) is 18.8 Å². The third-order valence-electron chi connectivity index (χ3n) is 10.3. The molecule has 9 heteroatoms. The fourth-order valence-electron chi connectivity index (χ4n) is 7.59. The maximum atomic E-state index is 11.8. The lowest BCUT2D eigenvalue weighted by Crippen LogP contribution is -2.35. The molecule has 48 heavy (non-hydrogen) atoms. The van der Waals surface area contributed by atoms with E-state index >= 15 is 0 Å². The Morgan fingerprint density at radius 2 is 1.17 bits per heavy atom. The van der Waals surface area contributed by atoms with Gasteiger partial charge in [0.1, 0.15) is 19.7 Å². The van der Waals surface area contributed by atoms with Gasteiger partial charge in [0.2, 0.25) is 0 Å². The highest BCUT2D eigenvalue weighted by atomic mass is 16.7. The molecule has 3 rings (SSSR count). The van der Waals surface area contributed by atoms with Gasteiger partial charge in [-0.1, -0.05) is 96.8 Å². The zero-order chi connectivity index (χ0) is 34.4. The molecule has 0 amide bonds. The molecule has 0 bridgehead atoms. The molecule has 280 valence electrons. The van der Waals surface area contributed by atoms with Gasteiger partial charge in [-0.25, -0.2) is 4.79 Å². The van der Waals surface area contributed by atoms with Crippen molar-refractivity contribution in [2.24, 2.45) is 0 Å². The highest BCUT2D eigenvalue weighted by Gasteiger charge is 2.41. The van der Waals surface area contributed by atoms with Crippen LogP contribution in [0.25, 0.3) is 0 Å². The van der Waals surface area contributed by atoms with E-state index in [1.807, 2.05) is 13.0 Å². The number of ether oxygens (including phenoxy) is 7. The van der Waals surface area contributed by atoms with E-state index in [1.165, 1.54) is 57.8 Å². The molecule has 9 nitrogen and oxygen atoms in total. The second-order valence-corrected chi connectivity index (χ2v) is 14.4. The highest BCUT2D eigenvalue weighted by Crippen LogP contribution is 2.36. The first-order valence-corrected chi connectivity index (χ1v) is 19.6. The summed E-state index contributed by atoms with van der Waals surface area (Å²) in [5, 5.41) is 10.3. The number of hydrogen-bond acceptors (Lipinski definition) is 9. The topological polar surface area (TPSA) is 102 Å². The van der Waals surface area contributed by atoms with E-state index in [0.717, 1.165) is 77.0 Å². The summed E-state index contributed by atoms with van der Waals surface area (Å²) in [4.78, 5) is 11.8. The van der Waals surface area contributed by atoms with Crippen LogP contribution in [0, 0.1) is 0 Å². The van der Waals surface area contributed by atoms with Gasteiger partial charge in [0.15, 0.2) is 0 Å². The molecule has 0 radical (unpaired) electrons. The average Bonchev–Trinajstić information content (AvgIpc) is 3.83. The molecule has 2 fully saturated rings. The van der Waals surface area contributed by atoms with Crippen molar-refractivity contribution in [2.75, 3.05) is 27.8 Å². The van der Waals surface area contributed by atoms with Crippen molar-refractivity contribution >= 4 is 5.97 Å². The first-order chi connectivity index (χ1) is 23.4. The van der Waals surface area contributed by atoms with E-state index in [-0.39, 0.29) is 55.5 Å². The van der Waals surface area contributed by atoms with Crippen molar-refractivity contribution in [3.05, 3.63) is 11.6 Å². The smallest absolute Gasteiger partial charge is 0.334 e. The maximum Gasteiger partial charge on any atom is 0.334 e. The van der Waals surface area contributed by atoms with Crippen molar-refractivity contribution in [1.82, 2.24) is 0 Å². The number of rotatable bonds is 29. The van der Waals surface area contributed by atoms with Crippen LogP contribution in [0.5, 0.6) is 0 Å². The Labute approximate surface area is 292 Å². The molecule has 8 atom stereocenters. The van der Waals surface area contributed by atoms with Crippen LogP contribution in [0.4, 0.5) is 0 Å². The van der Waals surface area contributed by atoms with Crippen LogP contribution in [0.2, 0.25) is 0 Å². The number of aliphatic hydroxyl groups is 1. The van der Waals surface area contributed by atoms with Gasteiger partial charge in [-0.05, 0) is 57.9 Å². The predicted molar refractivity (Wildman–Crippen MR) is 188 cm³/mol. The summed E-state index contributed by atoms with van der Waals surface area (Å²) in [6, 6.07) is 0. The summed E-state index contributed by atoms with van der Waals surface area (Å²) >= 11 is 0. The van der Waals surface area contributed by atoms with Crippen LogP contribution in [-0.2, 0) is 38.0 Å². The van der Waals surface area contributed by atoms with Gasteiger partial charge in [-0.2, -0.15) is 0 Å². The molecule has 0 aliphatic carbocycles. The van der Waals surface area contributed by atoms with Crippen LogP contribution in [0.1, 0.15) is 155 Å². The van der Waals surface area contributed by atoms with Crippen LogP contribution in [0.3, 0.4) is 0 Å². The van der Waals surface area contributed by atoms with Gasteiger partial charge in [0, 0.05) is 26.2 Å². The first kappa shape index (κ1) is 41.4. The Kier molecular flexibility index (Phi) is 21.5. The zero-order valence-electron chi connectivity index (χ0n) is 30.9. The quantitative estimate of drug-likeness (QED) is 0.0474. The Balaban J connectivity index is 1.30. The molecule has 0 aromatic rings. The summed E-state index contributed by atoms with van der Waals surface area (Å²) in [5.41, 5.74) is 0.614. The van der Waals surface area contributed by atoms with E-state index in [2.05, 4.69) is 6.92 Å². The molecule has 0 spiro atoms. The minimum Gasteiger partial charge on any atom is -0.455 e. The summed E-state index contributed by atoms with van der Waals surface area (Å²) in [6.07, 6.45) is 25.9. The van der Waals surface area contributed by atoms with E-state index in [4.69, 9.17) is 33.2 Å². The Bertz CT molecular complexity index is 866. The molecule has 1 N–H and O–H groups in total. The van der Waals surface area contributed by atoms with Gasteiger partial charge in [0.05, 0.1) is 42.7 Å². The lowest BCUT2D eigenvalue weighted by molar-refractivity contribution is -0.158. The van der Waals surface area contributed by atoms with Crippen molar-refractivity contribution in [1.29, 1.82) is 0 Å². The standard InChI is InChI=1S/C39H70O9/c1-5-6-7-8-9-10-14-17-20-33(44-28-42-3)35-22-24-37(47-35)38-25-23-36(48-38)34(45-29-43-4)21-18-15-12-11-13-16-19-32(40)27-31-26-30(2)46-39(31)41/h26,30,32-38,40H,5-25,27-29H2,1-4H3/t30-,32+,33-,34-,35-,36-,37-,38-/m1/s1. The molecule has 0 aromatic carbocycles. The Morgan fingerprint density at radius 3 is 1.60 bits per heavy atom. The minimum absolute atomic E-state index is 0.0290. The van der Waals surface area contributed by atoms with Gasteiger partial charge < -0.3 is 38.3 Å². The van der Waals surface area contributed by atoms with E-state index in [9.17, 15) is 9.90 Å². The fraction of sp³-hybridized carbons (Fsp3) is 0.923. The SMILES string of the molecule is CCCCCCCCCC[C@@H](OCOC)[C@H]1CC[C@H]([C@H]2CC[C@H]([C@@H](CCCCCCCC[C@H](O)CC3=C[C@@H](C)OC3=O)OCOC)O2)O1. The maximum absolute atomic E-state index is 11.8. The molecule has 3 aliphatic heterocycles. The Hall–Kier alpha value is -1.07. The number of unbranched alkanes of at least 4 members (excludes halogenated alkanes) is 12. The van der Waals surface area contributed by atoms with Gasteiger partial charge in [-0.15, -0.1) is 0 Å². The molecule has 3 heterocycles. The number of aliphatic hydroxyl groups excluding tert-OH is 1. The second kappa shape index (κ2) is 25.0. The third-order valence-corrected chi connectivity index (χ3v) is 10.3. The predicted octanol–water partition coefficient (Wildman–Crippen LogP) is 8.33. The average molecular weight is 683 g/mol.